The summed E-state index contributed by atoms with van der Waals surface area (Å²) in [4.78, 5) is 0.178. The second kappa shape index (κ2) is 5.58. The largest absolute Gasteiger partial charge is 0.374 e. The molecule has 108 valence electrons. The van der Waals surface area contributed by atoms with Gasteiger partial charge in [-0.15, -0.1) is 0 Å². The molecule has 0 aliphatic carbocycles. The number of hydrogen-bond donors (Lipinski definition) is 1. The first kappa shape index (κ1) is 14.4. The van der Waals surface area contributed by atoms with Gasteiger partial charge in [-0.1, -0.05) is 5.16 Å². The number of aryl methyl sites for hydroxylation is 2. The fourth-order valence-corrected chi connectivity index (χ4v) is 3.98. The highest BCUT2D eigenvalue weighted by Crippen LogP contribution is 2.24. The van der Waals surface area contributed by atoms with Gasteiger partial charge >= 0.3 is 0 Å². The van der Waals surface area contributed by atoms with Gasteiger partial charge in [0, 0.05) is 19.6 Å². The zero-order valence-corrected chi connectivity index (χ0v) is 12.2. The number of nitrogens with one attached hydrogen (secondary N) is 1. The zero-order valence-electron chi connectivity index (χ0n) is 11.3. The van der Waals surface area contributed by atoms with Crippen molar-refractivity contribution in [1.82, 2.24) is 14.8 Å². The lowest BCUT2D eigenvalue weighted by Gasteiger charge is -2.31. The second-order valence-electron chi connectivity index (χ2n) is 4.57. The summed E-state index contributed by atoms with van der Waals surface area (Å²) >= 11 is 0. The van der Waals surface area contributed by atoms with Crippen molar-refractivity contribution in [3.8, 4) is 0 Å². The van der Waals surface area contributed by atoms with E-state index in [2.05, 4.69) is 10.5 Å². The molecule has 1 saturated heterocycles. The third kappa shape index (κ3) is 2.81. The minimum atomic E-state index is -3.56. The first-order valence-electron chi connectivity index (χ1n) is 6.16. The quantitative estimate of drug-likeness (QED) is 0.833. The van der Waals surface area contributed by atoms with Crippen molar-refractivity contribution in [2.24, 2.45) is 0 Å². The number of nitrogens with zero attached hydrogens (tertiary/aromatic N) is 2. The third-order valence-corrected chi connectivity index (χ3v) is 5.21. The van der Waals surface area contributed by atoms with Crippen LogP contribution in [-0.2, 0) is 14.8 Å². The van der Waals surface area contributed by atoms with Gasteiger partial charge in [0.15, 0.2) is 5.76 Å². The van der Waals surface area contributed by atoms with Crippen LogP contribution in [-0.4, -0.2) is 57.3 Å². The SMILES string of the molecule is CNCC1CN(S(=O)(=O)c2c(C)noc2C)CCO1. The number of likely N-dealkylation sites (N-methyl/N-ethyl adjacent to an activating group) is 1. The normalized spacial score (nSPS) is 21.7. The topological polar surface area (TPSA) is 84.7 Å². The van der Waals surface area contributed by atoms with E-state index in [0.29, 0.717) is 37.7 Å². The maximum absolute atomic E-state index is 12.6. The summed E-state index contributed by atoms with van der Waals surface area (Å²) in [7, 11) is -1.75. The Kier molecular flexibility index (Phi) is 4.24. The van der Waals surface area contributed by atoms with Crippen molar-refractivity contribution in [1.29, 1.82) is 0 Å². The Bertz CT molecular complexity index is 519. The number of ether oxygens (including phenoxy) is 1. The van der Waals surface area contributed by atoms with E-state index in [1.165, 1.54) is 4.31 Å². The Labute approximate surface area is 112 Å². The molecule has 1 aliphatic heterocycles. The van der Waals surface area contributed by atoms with Gasteiger partial charge in [-0.3, -0.25) is 0 Å². The average Bonchev–Trinajstić information content (AvgIpc) is 2.70. The van der Waals surface area contributed by atoms with Crippen LogP contribution >= 0.6 is 0 Å². The monoisotopic (exact) mass is 289 g/mol. The molecule has 19 heavy (non-hydrogen) atoms. The van der Waals surface area contributed by atoms with Crippen LogP contribution in [0.5, 0.6) is 0 Å². The predicted molar refractivity (Wildman–Crippen MR) is 68.4 cm³/mol. The molecule has 8 heteroatoms. The highest BCUT2D eigenvalue weighted by molar-refractivity contribution is 7.89. The Morgan fingerprint density at radius 2 is 2.21 bits per heavy atom. The van der Waals surface area contributed by atoms with Crippen LogP contribution in [0.3, 0.4) is 0 Å². The molecule has 1 aromatic rings. The molecular formula is C11H19N3O4S. The van der Waals surface area contributed by atoms with Crippen LogP contribution in [0.1, 0.15) is 11.5 Å². The van der Waals surface area contributed by atoms with Crippen LogP contribution < -0.4 is 5.32 Å². The predicted octanol–water partition coefficient (Wildman–Crippen LogP) is -0.0997. The van der Waals surface area contributed by atoms with Crippen LogP contribution in [0.2, 0.25) is 0 Å². The minimum Gasteiger partial charge on any atom is -0.374 e. The van der Waals surface area contributed by atoms with E-state index in [1.807, 2.05) is 7.05 Å². The van der Waals surface area contributed by atoms with Crippen molar-refractivity contribution < 1.29 is 17.7 Å². The summed E-state index contributed by atoms with van der Waals surface area (Å²) in [5, 5.41) is 6.70. The Balaban J connectivity index is 2.25. The highest BCUT2D eigenvalue weighted by Gasteiger charge is 2.34. The molecule has 2 rings (SSSR count). The van der Waals surface area contributed by atoms with E-state index in [0.717, 1.165) is 0 Å². The van der Waals surface area contributed by atoms with E-state index in [1.54, 1.807) is 13.8 Å². The molecule has 0 radical (unpaired) electrons. The van der Waals surface area contributed by atoms with Crippen molar-refractivity contribution in [3.63, 3.8) is 0 Å². The summed E-state index contributed by atoms with van der Waals surface area (Å²) in [5.74, 6) is 0.328. The molecule has 0 spiro atoms. The lowest BCUT2D eigenvalue weighted by atomic mass is 10.3. The maximum Gasteiger partial charge on any atom is 0.248 e. The summed E-state index contributed by atoms with van der Waals surface area (Å²) in [6.07, 6.45) is -0.131. The van der Waals surface area contributed by atoms with Crippen molar-refractivity contribution in [2.75, 3.05) is 33.3 Å². The van der Waals surface area contributed by atoms with E-state index < -0.39 is 10.0 Å². The second-order valence-corrected chi connectivity index (χ2v) is 6.44. The third-order valence-electron chi connectivity index (χ3n) is 3.10. The first-order valence-corrected chi connectivity index (χ1v) is 7.60. The summed E-state index contributed by atoms with van der Waals surface area (Å²) < 4.78 is 37.1. The fourth-order valence-electron chi connectivity index (χ4n) is 2.23. The molecule has 2 heterocycles. The maximum atomic E-state index is 12.6. The number of aromatic nitrogens is 1. The van der Waals surface area contributed by atoms with E-state index in [9.17, 15) is 8.42 Å². The Morgan fingerprint density at radius 1 is 1.47 bits per heavy atom. The van der Waals surface area contributed by atoms with Gasteiger partial charge in [0.25, 0.3) is 0 Å². The average molecular weight is 289 g/mol. The van der Waals surface area contributed by atoms with Crippen LogP contribution in [0.4, 0.5) is 0 Å². The Hall–Kier alpha value is -0.960. The molecule has 1 atom stereocenters. The van der Waals surface area contributed by atoms with E-state index in [-0.39, 0.29) is 11.0 Å². The van der Waals surface area contributed by atoms with Gasteiger partial charge in [0.1, 0.15) is 10.6 Å². The Morgan fingerprint density at radius 3 is 2.79 bits per heavy atom. The van der Waals surface area contributed by atoms with E-state index in [4.69, 9.17) is 9.26 Å². The van der Waals surface area contributed by atoms with Crippen molar-refractivity contribution >= 4 is 10.0 Å². The van der Waals surface area contributed by atoms with Gasteiger partial charge in [0.05, 0.1) is 12.7 Å². The molecule has 1 aliphatic rings. The first-order chi connectivity index (χ1) is 8.96. The highest BCUT2D eigenvalue weighted by atomic mass is 32.2. The van der Waals surface area contributed by atoms with Crippen LogP contribution in [0, 0.1) is 13.8 Å². The van der Waals surface area contributed by atoms with Gasteiger partial charge in [-0.25, -0.2) is 8.42 Å². The number of sulfonamides is 1. The summed E-state index contributed by atoms with van der Waals surface area (Å²) in [6, 6.07) is 0. The minimum absolute atomic E-state index is 0.131. The van der Waals surface area contributed by atoms with Crippen LogP contribution in [0.25, 0.3) is 0 Å². The molecule has 0 aromatic carbocycles. The number of morpholine rings is 1. The van der Waals surface area contributed by atoms with Crippen molar-refractivity contribution in [2.45, 2.75) is 24.8 Å². The number of rotatable bonds is 4. The fraction of sp³-hybridized carbons (Fsp3) is 0.727. The molecule has 0 amide bonds. The summed E-state index contributed by atoms with van der Waals surface area (Å²) in [5.41, 5.74) is 0.397. The molecule has 7 nitrogen and oxygen atoms in total. The van der Waals surface area contributed by atoms with Crippen molar-refractivity contribution in [3.05, 3.63) is 11.5 Å². The van der Waals surface area contributed by atoms with Crippen LogP contribution in [0.15, 0.2) is 9.42 Å². The van der Waals surface area contributed by atoms with Gasteiger partial charge in [-0.05, 0) is 20.9 Å². The molecule has 1 N–H and O–H groups in total. The van der Waals surface area contributed by atoms with Gasteiger partial charge in [0.2, 0.25) is 10.0 Å². The lowest BCUT2D eigenvalue weighted by molar-refractivity contribution is 0.000791. The molecule has 1 fully saturated rings. The smallest absolute Gasteiger partial charge is 0.248 e. The molecule has 0 saturated carbocycles. The number of hydrogen-bond acceptors (Lipinski definition) is 6. The van der Waals surface area contributed by atoms with E-state index >= 15 is 0 Å². The lowest BCUT2D eigenvalue weighted by Crippen LogP contribution is -2.48. The van der Waals surface area contributed by atoms with Gasteiger partial charge < -0.3 is 14.6 Å². The molecular weight excluding hydrogens is 270 g/mol. The molecule has 0 bridgehead atoms. The summed E-state index contributed by atoms with van der Waals surface area (Å²) in [6.45, 7) is 4.95. The molecule has 1 aromatic heterocycles. The molecule has 1 unspecified atom stereocenters. The van der Waals surface area contributed by atoms with Gasteiger partial charge in [-0.2, -0.15) is 4.31 Å². The zero-order chi connectivity index (χ0) is 14.0. The standard InChI is InChI=1S/C11H19N3O4S/c1-8-11(9(2)18-13-8)19(15,16)14-4-5-17-10(7-14)6-12-3/h10,12H,4-7H2,1-3H3.